The number of hydrogen-bond donors (Lipinski definition) is 1. The third-order valence-corrected chi connectivity index (χ3v) is 4.13. The van der Waals surface area contributed by atoms with E-state index in [0.717, 1.165) is 24.8 Å². The lowest BCUT2D eigenvalue weighted by Crippen LogP contribution is -2.41. The fraction of sp³-hybridized carbons (Fsp3) is 0.500. The highest BCUT2D eigenvalue weighted by atomic mass is 16.5. The smallest absolute Gasteiger partial charge is 0.341 e. The lowest BCUT2D eigenvalue weighted by molar-refractivity contribution is -0.139. The van der Waals surface area contributed by atoms with E-state index in [1.165, 1.54) is 0 Å². The van der Waals surface area contributed by atoms with Crippen LogP contribution in [-0.2, 0) is 20.9 Å². The van der Waals surface area contributed by atoms with Gasteiger partial charge in [-0.3, -0.25) is 9.59 Å². The summed E-state index contributed by atoms with van der Waals surface area (Å²) in [4.78, 5) is 38.0. The number of hydrogen-bond acceptors (Lipinski definition) is 4. The van der Waals surface area contributed by atoms with E-state index in [9.17, 15) is 14.4 Å². The predicted octanol–water partition coefficient (Wildman–Crippen LogP) is 1.51. The standard InChI is InChI=1S/C18H24N2O5/c1-19(17(22)12-20-10-4-2-3-5-16(20)21)11-14-6-8-15(9-7-14)25-13-18(23)24/h6-9H,2-5,10-13H2,1H3,(H,23,24). The average molecular weight is 348 g/mol. The van der Waals surface area contributed by atoms with E-state index in [1.54, 1.807) is 41.1 Å². The molecule has 1 N–H and O–H groups in total. The van der Waals surface area contributed by atoms with E-state index >= 15 is 0 Å². The molecule has 1 fully saturated rings. The molecule has 0 saturated carbocycles. The molecule has 2 amide bonds. The Morgan fingerprint density at radius 1 is 1.20 bits per heavy atom. The van der Waals surface area contributed by atoms with Crippen molar-refractivity contribution in [2.24, 2.45) is 0 Å². The van der Waals surface area contributed by atoms with Gasteiger partial charge in [0, 0.05) is 26.6 Å². The Morgan fingerprint density at radius 2 is 1.92 bits per heavy atom. The van der Waals surface area contributed by atoms with Crippen LogP contribution in [0.2, 0.25) is 0 Å². The number of nitrogens with zero attached hydrogens (tertiary/aromatic N) is 2. The van der Waals surface area contributed by atoms with Crippen LogP contribution < -0.4 is 4.74 Å². The normalized spacial score (nSPS) is 14.8. The summed E-state index contributed by atoms with van der Waals surface area (Å²) < 4.78 is 5.07. The van der Waals surface area contributed by atoms with Crippen molar-refractivity contribution < 1.29 is 24.2 Å². The summed E-state index contributed by atoms with van der Waals surface area (Å²) in [7, 11) is 1.71. The van der Waals surface area contributed by atoms with Crippen LogP contribution >= 0.6 is 0 Å². The molecular weight excluding hydrogens is 324 g/mol. The lowest BCUT2D eigenvalue weighted by Gasteiger charge is -2.24. The van der Waals surface area contributed by atoms with Crippen LogP contribution in [0.4, 0.5) is 0 Å². The SMILES string of the molecule is CN(Cc1ccc(OCC(=O)O)cc1)C(=O)CN1CCCCCC1=O. The highest BCUT2D eigenvalue weighted by Crippen LogP contribution is 2.14. The van der Waals surface area contributed by atoms with Crippen molar-refractivity contribution in [2.75, 3.05) is 26.7 Å². The molecule has 1 aliphatic heterocycles. The van der Waals surface area contributed by atoms with Crippen LogP contribution in [-0.4, -0.2) is 59.4 Å². The molecule has 7 heteroatoms. The summed E-state index contributed by atoms with van der Waals surface area (Å²) in [6.45, 7) is 0.796. The van der Waals surface area contributed by atoms with Crippen molar-refractivity contribution in [3.63, 3.8) is 0 Å². The van der Waals surface area contributed by atoms with Gasteiger partial charge in [0.15, 0.2) is 6.61 Å². The molecule has 0 bridgehead atoms. The summed E-state index contributed by atoms with van der Waals surface area (Å²) in [6.07, 6.45) is 3.40. The van der Waals surface area contributed by atoms with Gasteiger partial charge >= 0.3 is 5.97 Å². The molecular formula is C18H24N2O5. The van der Waals surface area contributed by atoms with Crippen molar-refractivity contribution in [3.05, 3.63) is 29.8 Å². The molecule has 0 unspecified atom stereocenters. The molecule has 25 heavy (non-hydrogen) atoms. The minimum Gasteiger partial charge on any atom is -0.482 e. The van der Waals surface area contributed by atoms with Crippen LogP contribution in [0.3, 0.4) is 0 Å². The number of carboxylic acids is 1. The molecule has 0 radical (unpaired) electrons. The van der Waals surface area contributed by atoms with Crippen molar-refractivity contribution in [2.45, 2.75) is 32.2 Å². The minimum atomic E-state index is -1.03. The zero-order chi connectivity index (χ0) is 18.2. The highest BCUT2D eigenvalue weighted by molar-refractivity contribution is 5.84. The molecule has 1 aromatic rings. The van der Waals surface area contributed by atoms with Crippen LogP contribution in [0.5, 0.6) is 5.75 Å². The molecule has 1 saturated heterocycles. The average Bonchev–Trinajstić information content (AvgIpc) is 2.78. The fourth-order valence-corrected chi connectivity index (χ4v) is 2.69. The third-order valence-electron chi connectivity index (χ3n) is 4.13. The zero-order valence-electron chi connectivity index (χ0n) is 14.4. The second kappa shape index (κ2) is 9.05. The minimum absolute atomic E-state index is 0.0548. The molecule has 1 aliphatic rings. The van der Waals surface area contributed by atoms with Gasteiger partial charge in [-0.25, -0.2) is 4.79 Å². The maximum atomic E-state index is 12.4. The van der Waals surface area contributed by atoms with Gasteiger partial charge in [-0.05, 0) is 30.5 Å². The van der Waals surface area contributed by atoms with Crippen molar-refractivity contribution >= 4 is 17.8 Å². The van der Waals surface area contributed by atoms with Crippen LogP contribution in [0, 0.1) is 0 Å². The maximum absolute atomic E-state index is 12.4. The lowest BCUT2D eigenvalue weighted by atomic mass is 10.2. The van der Waals surface area contributed by atoms with Gasteiger partial charge in [0.1, 0.15) is 5.75 Å². The van der Waals surface area contributed by atoms with E-state index < -0.39 is 5.97 Å². The molecule has 0 aliphatic carbocycles. The first-order valence-electron chi connectivity index (χ1n) is 8.41. The number of aliphatic carboxylic acids is 1. The van der Waals surface area contributed by atoms with E-state index in [-0.39, 0.29) is 25.0 Å². The first kappa shape index (κ1) is 18.8. The van der Waals surface area contributed by atoms with Gasteiger partial charge in [-0.1, -0.05) is 18.6 Å². The Hall–Kier alpha value is -2.57. The number of benzene rings is 1. The van der Waals surface area contributed by atoms with Gasteiger partial charge in [-0.15, -0.1) is 0 Å². The van der Waals surface area contributed by atoms with Crippen molar-refractivity contribution in [1.82, 2.24) is 9.80 Å². The number of carboxylic acid groups (broad SMARTS) is 1. The Morgan fingerprint density at radius 3 is 2.60 bits per heavy atom. The third kappa shape index (κ3) is 6.10. The summed E-state index contributed by atoms with van der Waals surface area (Å²) in [5.74, 6) is -0.603. The molecule has 7 nitrogen and oxygen atoms in total. The Labute approximate surface area is 147 Å². The van der Waals surface area contributed by atoms with Gasteiger partial charge in [0.2, 0.25) is 11.8 Å². The zero-order valence-corrected chi connectivity index (χ0v) is 14.4. The Balaban J connectivity index is 1.85. The first-order valence-corrected chi connectivity index (χ1v) is 8.41. The number of likely N-dealkylation sites (N-methyl/N-ethyl adjacent to an activating group) is 1. The molecule has 1 heterocycles. The van der Waals surface area contributed by atoms with Crippen LogP contribution in [0.1, 0.15) is 31.2 Å². The summed E-state index contributed by atoms with van der Waals surface area (Å²) in [5.41, 5.74) is 0.903. The number of amides is 2. The van der Waals surface area contributed by atoms with E-state index in [1.807, 2.05) is 0 Å². The van der Waals surface area contributed by atoms with E-state index in [4.69, 9.17) is 9.84 Å². The van der Waals surface area contributed by atoms with Crippen molar-refractivity contribution in [1.29, 1.82) is 0 Å². The van der Waals surface area contributed by atoms with Crippen LogP contribution in [0.15, 0.2) is 24.3 Å². The number of likely N-dealkylation sites (tertiary alicyclic amines) is 1. The molecule has 1 aromatic carbocycles. The van der Waals surface area contributed by atoms with Gasteiger partial charge in [0.25, 0.3) is 0 Å². The monoisotopic (exact) mass is 348 g/mol. The second-order valence-electron chi connectivity index (χ2n) is 6.20. The summed E-state index contributed by atoms with van der Waals surface area (Å²) in [6, 6.07) is 6.93. The Kier molecular flexibility index (Phi) is 6.80. The fourth-order valence-electron chi connectivity index (χ4n) is 2.69. The number of ether oxygens (including phenoxy) is 1. The van der Waals surface area contributed by atoms with Crippen LogP contribution in [0.25, 0.3) is 0 Å². The summed E-state index contributed by atoms with van der Waals surface area (Å²) in [5, 5.41) is 8.58. The van der Waals surface area contributed by atoms with Crippen molar-refractivity contribution in [3.8, 4) is 5.75 Å². The maximum Gasteiger partial charge on any atom is 0.341 e. The molecule has 136 valence electrons. The van der Waals surface area contributed by atoms with E-state index in [2.05, 4.69) is 0 Å². The van der Waals surface area contributed by atoms with Gasteiger partial charge < -0.3 is 19.6 Å². The number of carbonyl (C=O) groups excluding carboxylic acids is 2. The quantitative estimate of drug-likeness (QED) is 0.807. The predicted molar refractivity (Wildman–Crippen MR) is 91.1 cm³/mol. The molecule has 2 rings (SSSR count). The number of rotatable bonds is 7. The second-order valence-corrected chi connectivity index (χ2v) is 6.20. The molecule has 0 atom stereocenters. The first-order chi connectivity index (χ1) is 12.0. The largest absolute Gasteiger partial charge is 0.482 e. The van der Waals surface area contributed by atoms with Gasteiger partial charge in [-0.2, -0.15) is 0 Å². The Bertz CT molecular complexity index is 614. The topological polar surface area (TPSA) is 87.2 Å². The highest BCUT2D eigenvalue weighted by Gasteiger charge is 2.21. The molecule has 0 spiro atoms. The number of carbonyl (C=O) groups is 3. The van der Waals surface area contributed by atoms with Gasteiger partial charge in [0.05, 0.1) is 6.54 Å². The molecule has 0 aromatic heterocycles. The van der Waals surface area contributed by atoms with E-state index in [0.29, 0.717) is 25.3 Å². The summed E-state index contributed by atoms with van der Waals surface area (Å²) >= 11 is 0.